The maximum Gasteiger partial charge on any atom is 0.234 e. The Bertz CT molecular complexity index is 437. The van der Waals surface area contributed by atoms with Crippen molar-refractivity contribution in [1.29, 1.82) is 0 Å². The molecule has 0 saturated carbocycles. The van der Waals surface area contributed by atoms with Crippen molar-refractivity contribution in [3.8, 4) is 0 Å². The molecule has 1 aliphatic rings. The predicted molar refractivity (Wildman–Crippen MR) is 103 cm³/mol. The molecule has 0 bridgehead atoms. The van der Waals surface area contributed by atoms with Crippen LogP contribution in [0.4, 0.5) is 0 Å². The molecule has 0 aromatic rings. The first kappa shape index (κ1) is 21.7. The standard InChI is InChI=1S/C18H37N5O2/c1-14(2)21-16(24)13-22-8-10-23(11-9-22)17(19-6)20-12-15(25-7)18(3,4)5/h14-15H,8-13H2,1-7H3,(H,19,20)(H,21,24). The van der Waals surface area contributed by atoms with Crippen LogP contribution in [0.2, 0.25) is 0 Å². The third kappa shape index (κ3) is 7.61. The van der Waals surface area contributed by atoms with Gasteiger partial charge in [-0.1, -0.05) is 20.8 Å². The first-order chi connectivity index (χ1) is 11.7. The lowest BCUT2D eigenvalue weighted by atomic mass is 9.89. The van der Waals surface area contributed by atoms with E-state index < -0.39 is 0 Å². The summed E-state index contributed by atoms with van der Waals surface area (Å²) in [6, 6.07) is 0.188. The van der Waals surface area contributed by atoms with Crippen LogP contribution >= 0.6 is 0 Å². The van der Waals surface area contributed by atoms with Crippen LogP contribution < -0.4 is 10.6 Å². The van der Waals surface area contributed by atoms with Crippen LogP contribution in [0, 0.1) is 5.41 Å². The Kier molecular flexibility index (Phi) is 8.65. The summed E-state index contributed by atoms with van der Waals surface area (Å²) >= 11 is 0. The monoisotopic (exact) mass is 355 g/mol. The highest BCUT2D eigenvalue weighted by Crippen LogP contribution is 2.21. The summed E-state index contributed by atoms with van der Waals surface area (Å²) in [7, 11) is 3.56. The van der Waals surface area contributed by atoms with Gasteiger partial charge < -0.3 is 20.3 Å². The van der Waals surface area contributed by atoms with Gasteiger partial charge in [0.2, 0.25) is 5.91 Å². The Morgan fingerprint density at radius 3 is 2.24 bits per heavy atom. The number of hydrogen-bond donors (Lipinski definition) is 2. The maximum absolute atomic E-state index is 11.9. The maximum atomic E-state index is 11.9. The third-order valence-corrected chi connectivity index (χ3v) is 4.40. The molecule has 1 rings (SSSR count). The summed E-state index contributed by atoms with van der Waals surface area (Å²) in [5, 5.41) is 6.38. The van der Waals surface area contributed by atoms with Crippen LogP contribution in [0.1, 0.15) is 34.6 Å². The molecule has 0 aliphatic carbocycles. The number of amides is 1. The van der Waals surface area contributed by atoms with Crippen LogP contribution in [-0.4, -0.2) is 87.2 Å². The van der Waals surface area contributed by atoms with Gasteiger partial charge in [-0.15, -0.1) is 0 Å². The van der Waals surface area contributed by atoms with Crippen molar-refractivity contribution in [2.75, 3.05) is 53.4 Å². The Morgan fingerprint density at radius 1 is 1.20 bits per heavy atom. The van der Waals surface area contributed by atoms with Gasteiger partial charge in [-0.05, 0) is 19.3 Å². The zero-order valence-corrected chi connectivity index (χ0v) is 17.1. The van der Waals surface area contributed by atoms with Gasteiger partial charge in [0.15, 0.2) is 5.96 Å². The van der Waals surface area contributed by atoms with E-state index in [2.05, 4.69) is 46.2 Å². The smallest absolute Gasteiger partial charge is 0.234 e. The number of methoxy groups -OCH3 is 1. The van der Waals surface area contributed by atoms with Crippen molar-refractivity contribution in [3.05, 3.63) is 0 Å². The number of nitrogens with zero attached hydrogens (tertiary/aromatic N) is 3. The lowest BCUT2D eigenvalue weighted by molar-refractivity contribution is -0.123. The zero-order chi connectivity index (χ0) is 19.0. The lowest BCUT2D eigenvalue weighted by Gasteiger charge is -2.37. The molecule has 1 saturated heterocycles. The Balaban J connectivity index is 2.45. The molecule has 0 spiro atoms. The number of hydrogen-bond acceptors (Lipinski definition) is 4. The Hall–Kier alpha value is -1.34. The van der Waals surface area contributed by atoms with Gasteiger partial charge in [0.1, 0.15) is 0 Å². The highest BCUT2D eigenvalue weighted by atomic mass is 16.5. The van der Waals surface area contributed by atoms with Gasteiger partial charge >= 0.3 is 0 Å². The second-order valence-electron chi connectivity index (χ2n) is 8.00. The second-order valence-corrected chi connectivity index (χ2v) is 8.00. The van der Waals surface area contributed by atoms with Crippen molar-refractivity contribution >= 4 is 11.9 Å². The Labute approximate surface area is 153 Å². The second kappa shape index (κ2) is 9.97. The zero-order valence-electron chi connectivity index (χ0n) is 17.1. The number of guanidine groups is 1. The van der Waals surface area contributed by atoms with E-state index in [1.807, 2.05) is 20.9 Å². The van der Waals surface area contributed by atoms with Crippen LogP contribution in [-0.2, 0) is 9.53 Å². The summed E-state index contributed by atoms with van der Waals surface area (Å²) in [6.07, 6.45) is 0.116. The van der Waals surface area contributed by atoms with E-state index in [0.29, 0.717) is 6.54 Å². The molecule has 0 radical (unpaired) electrons. The van der Waals surface area contributed by atoms with Crippen molar-refractivity contribution in [2.24, 2.45) is 10.4 Å². The van der Waals surface area contributed by atoms with E-state index in [1.165, 1.54) is 0 Å². The van der Waals surface area contributed by atoms with E-state index in [-0.39, 0.29) is 23.5 Å². The molecule has 25 heavy (non-hydrogen) atoms. The SMILES string of the molecule is CN=C(NCC(OC)C(C)(C)C)N1CCN(CC(=O)NC(C)C)CC1. The van der Waals surface area contributed by atoms with Crippen molar-refractivity contribution in [3.63, 3.8) is 0 Å². The molecular formula is C18H37N5O2. The minimum Gasteiger partial charge on any atom is -0.379 e. The van der Waals surface area contributed by atoms with Crippen LogP contribution in [0.5, 0.6) is 0 Å². The molecule has 1 fully saturated rings. The molecule has 2 N–H and O–H groups in total. The third-order valence-electron chi connectivity index (χ3n) is 4.40. The fourth-order valence-corrected chi connectivity index (χ4v) is 2.95. The van der Waals surface area contributed by atoms with Gasteiger partial charge in [-0.2, -0.15) is 0 Å². The fraction of sp³-hybridized carbons (Fsp3) is 0.889. The van der Waals surface area contributed by atoms with Gasteiger partial charge in [-0.25, -0.2) is 0 Å². The van der Waals surface area contributed by atoms with E-state index >= 15 is 0 Å². The molecule has 1 heterocycles. The number of aliphatic imine (C=N–C) groups is 1. The quantitative estimate of drug-likeness (QED) is 0.544. The van der Waals surface area contributed by atoms with Gasteiger partial charge in [0, 0.05) is 52.9 Å². The highest BCUT2D eigenvalue weighted by Gasteiger charge is 2.26. The number of piperazine rings is 1. The molecular weight excluding hydrogens is 318 g/mol. The number of carbonyl (C=O) groups excluding carboxylic acids is 1. The van der Waals surface area contributed by atoms with Gasteiger partial charge in [-0.3, -0.25) is 14.7 Å². The van der Waals surface area contributed by atoms with Gasteiger partial charge in [0.25, 0.3) is 0 Å². The van der Waals surface area contributed by atoms with E-state index in [4.69, 9.17) is 4.74 Å². The Morgan fingerprint density at radius 2 is 1.80 bits per heavy atom. The van der Waals surface area contributed by atoms with Crippen LogP contribution in [0.25, 0.3) is 0 Å². The summed E-state index contributed by atoms with van der Waals surface area (Å²) in [5.74, 6) is 0.997. The lowest BCUT2D eigenvalue weighted by Crippen LogP contribution is -2.55. The average Bonchev–Trinajstić information content (AvgIpc) is 2.50. The fourth-order valence-electron chi connectivity index (χ4n) is 2.95. The summed E-state index contributed by atoms with van der Waals surface area (Å²) in [6.45, 7) is 15.1. The van der Waals surface area contributed by atoms with Crippen LogP contribution in [0.3, 0.4) is 0 Å². The average molecular weight is 356 g/mol. The normalized spacial score (nSPS) is 18.4. The van der Waals surface area contributed by atoms with Crippen molar-refractivity contribution in [2.45, 2.75) is 46.8 Å². The molecule has 146 valence electrons. The number of nitrogens with one attached hydrogen (secondary N) is 2. The summed E-state index contributed by atoms with van der Waals surface area (Å²) in [5.41, 5.74) is 0.0725. The molecule has 1 unspecified atom stereocenters. The summed E-state index contributed by atoms with van der Waals surface area (Å²) in [4.78, 5) is 20.7. The minimum absolute atomic E-state index is 0.0725. The topological polar surface area (TPSA) is 69.2 Å². The molecule has 1 amide bonds. The highest BCUT2D eigenvalue weighted by molar-refractivity contribution is 5.80. The number of carbonyl (C=O) groups is 1. The largest absolute Gasteiger partial charge is 0.379 e. The van der Waals surface area contributed by atoms with E-state index in [0.717, 1.165) is 38.7 Å². The predicted octanol–water partition coefficient (Wildman–Crippen LogP) is 0.765. The minimum atomic E-state index is 0.0725. The molecule has 1 aliphatic heterocycles. The number of rotatable bonds is 6. The first-order valence-electron chi connectivity index (χ1n) is 9.17. The molecule has 1 atom stereocenters. The van der Waals surface area contributed by atoms with Crippen LogP contribution in [0.15, 0.2) is 4.99 Å². The van der Waals surface area contributed by atoms with E-state index in [9.17, 15) is 4.79 Å². The molecule has 7 nitrogen and oxygen atoms in total. The number of ether oxygens (including phenoxy) is 1. The molecule has 0 aromatic heterocycles. The summed E-state index contributed by atoms with van der Waals surface area (Å²) < 4.78 is 5.60. The van der Waals surface area contributed by atoms with E-state index in [1.54, 1.807) is 7.11 Å². The van der Waals surface area contributed by atoms with Gasteiger partial charge in [0.05, 0.1) is 12.6 Å². The van der Waals surface area contributed by atoms with Crippen molar-refractivity contribution in [1.82, 2.24) is 20.4 Å². The first-order valence-corrected chi connectivity index (χ1v) is 9.17. The molecule has 7 heteroatoms. The molecule has 0 aromatic carbocycles. The van der Waals surface area contributed by atoms with Crippen molar-refractivity contribution < 1.29 is 9.53 Å².